The minimum atomic E-state index is -2.38. The van der Waals surface area contributed by atoms with E-state index in [1.54, 1.807) is 0 Å². The van der Waals surface area contributed by atoms with Gasteiger partial charge in [-0.2, -0.15) is 8.78 Å². The zero-order valence-corrected chi connectivity index (χ0v) is 15.6. The van der Waals surface area contributed by atoms with Crippen LogP contribution in [0.3, 0.4) is 0 Å². The van der Waals surface area contributed by atoms with E-state index in [0.717, 1.165) is 6.92 Å². The maximum Gasteiger partial charge on any atom is 0.508 e. The van der Waals surface area contributed by atoms with Gasteiger partial charge in [-0.1, -0.05) is 20.5 Å². The van der Waals surface area contributed by atoms with Crippen molar-refractivity contribution in [1.29, 1.82) is 0 Å². The van der Waals surface area contributed by atoms with Crippen molar-refractivity contribution in [3.63, 3.8) is 0 Å². The van der Waals surface area contributed by atoms with Crippen LogP contribution in [0.5, 0.6) is 5.75 Å². The van der Waals surface area contributed by atoms with Gasteiger partial charge in [0.15, 0.2) is 0 Å². The van der Waals surface area contributed by atoms with E-state index < -0.39 is 65.6 Å². The summed E-state index contributed by atoms with van der Waals surface area (Å²) in [7, 11) is 2.42. The lowest BCUT2D eigenvalue weighted by molar-refractivity contribution is -0.156. The van der Waals surface area contributed by atoms with Crippen molar-refractivity contribution in [2.75, 3.05) is 19.9 Å². The summed E-state index contributed by atoms with van der Waals surface area (Å²) in [6.07, 6.45) is -1.07. The number of hydrogen-bond acceptors (Lipinski definition) is 5. The van der Waals surface area contributed by atoms with Crippen molar-refractivity contribution in [2.45, 2.75) is 20.8 Å². The Morgan fingerprint density at radius 1 is 0.923 bits per heavy atom. The number of esters is 1. The molecule has 26 heavy (non-hydrogen) atoms. The van der Waals surface area contributed by atoms with Gasteiger partial charge < -0.3 is 14.2 Å². The molecule has 0 saturated carbocycles. The Morgan fingerprint density at radius 2 is 1.27 bits per heavy atom. The predicted molar refractivity (Wildman–Crippen MR) is 84.3 cm³/mol. The Balaban J connectivity index is 0.00000146. The maximum atomic E-state index is 13.4. The van der Waals surface area contributed by atoms with Crippen LogP contribution in [0.4, 0.5) is 26.7 Å². The first-order valence-electron chi connectivity index (χ1n) is 7.28. The molecular formula is C15H18F5O5P. The van der Waals surface area contributed by atoms with Crippen molar-refractivity contribution in [3.05, 3.63) is 29.1 Å². The lowest BCUT2D eigenvalue weighted by Crippen LogP contribution is -2.45. The summed E-state index contributed by atoms with van der Waals surface area (Å²) >= 11 is 0. The van der Waals surface area contributed by atoms with Gasteiger partial charge >= 0.3 is 12.1 Å². The van der Waals surface area contributed by atoms with Crippen LogP contribution in [0.25, 0.3) is 0 Å². The highest BCUT2D eigenvalue weighted by Gasteiger charge is 2.43. The second-order valence-corrected chi connectivity index (χ2v) is 4.68. The van der Waals surface area contributed by atoms with Crippen LogP contribution in [0, 0.1) is 34.5 Å². The molecule has 0 aromatic heterocycles. The highest BCUT2D eigenvalue weighted by molar-refractivity contribution is 7.15. The van der Waals surface area contributed by atoms with Crippen LogP contribution >= 0.6 is 9.24 Å². The fourth-order valence-electron chi connectivity index (χ4n) is 1.53. The average Bonchev–Trinajstić information content (AvgIpc) is 2.67. The Labute approximate surface area is 149 Å². The Bertz CT molecular complexity index is 629. The van der Waals surface area contributed by atoms with Crippen LogP contribution in [0.15, 0.2) is 0 Å². The van der Waals surface area contributed by atoms with Crippen molar-refractivity contribution in [3.8, 4) is 5.75 Å². The number of carbonyl (C=O) groups is 2. The van der Waals surface area contributed by atoms with Crippen LogP contribution in [-0.2, 0) is 14.3 Å². The smallest absolute Gasteiger partial charge is 0.433 e. The summed E-state index contributed by atoms with van der Waals surface area (Å²) in [6, 6.07) is 0. The molecule has 1 saturated heterocycles. The quantitative estimate of drug-likeness (QED) is 0.186. The third-order valence-electron chi connectivity index (χ3n) is 2.87. The SMILES string of the molecule is CC.CC1(C(=O)Oc2c(F)c(F)c(F)c(F)c2F)COC(=O)OC1.CP. The molecule has 148 valence electrons. The fraction of sp³-hybridized carbons (Fsp3) is 0.467. The largest absolute Gasteiger partial charge is 0.508 e. The van der Waals surface area contributed by atoms with Crippen molar-refractivity contribution < 1.29 is 45.8 Å². The van der Waals surface area contributed by atoms with Crippen LogP contribution in [0.1, 0.15) is 20.8 Å². The number of halogens is 5. The molecule has 1 unspecified atom stereocenters. The van der Waals surface area contributed by atoms with Gasteiger partial charge in [0.2, 0.25) is 34.8 Å². The molecule has 1 aromatic rings. The molecule has 0 bridgehead atoms. The number of rotatable bonds is 2. The summed E-state index contributed by atoms with van der Waals surface area (Å²) < 4.78 is 78.8. The molecule has 1 aliphatic heterocycles. The molecule has 1 heterocycles. The molecule has 1 aromatic carbocycles. The molecule has 11 heteroatoms. The minimum absolute atomic E-state index is 0.542. The topological polar surface area (TPSA) is 61.8 Å². The van der Waals surface area contributed by atoms with E-state index >= 15 is 0 Å². The molecule has 2 rings (SSSR count). The van der Waals surface area contributed by atoms with Gasteiger partial charge in [-0.25, -0.2) is 18.0 Å². The van der Waals surface area contributed by atoms with E-state index in [0.29, 0.717) is 0 Å². The molecule has 0 amide bonds. The number of hydrogen-bond donors (Lipinski definition) is 0. The van der Waals surface area contributed by atoms with Crippen LogP contribution < -0.4 is 4.74 Å². The fourth-order valence-corrected chi connectivity index (χ4v) is 1.53. The number of cyclic esters (lactones) is 2. The minimum Gasteiger partial charge on any atom is -0.433 e. The monoisotopic (exact) mass is 404 g/mol. The zero-order valence-electron chi connectivity index (χ0n) is 14.4. The predicted octanol–water partition coefficient (Wildman–Crippen LogP) is 3.98. The van der Waals surface area contributed by atoms with Crippen LogP contribution in [-0.4, -0.2) is 32.0 Å². The van der Waals surface area contributed by atoms with E-state index in [-0.39, 0.29) is 0 Å². The van der Waals surface area contributed by atoms with E-state index in [9.17, 15) is 31.5 Å². The van der Waals surface area contributed by atoms with Crippen LogP contribution in [0.2, 0.25) is 0 Å². The van der Waals surface area contributed by atoms with Gasteiger partial charge in [0.25, 0.3) is 0 Å². The molecule has 0 aliphatic carbocycles. The maximum absolute atomic E-state index is 13.4. The zero-order chi connectivity index (χ0) is 20.7. The molecule has 1 aliphatic rings. The molecule has 0 radical (unpaired) electrons. The number of carbonyl (C=O) groups excluding carboxylic acids is 2. The molecule has 5 nitrogen and oxygen atoms in total. The third kappa shape index (κ3) is 5.03. The van der Waals surface area contributed by atoms with Crippen molar-refractivity contribution >= 4 is 21.4 Å². The Morgan fingerprint density at radius 3 is 1.65 bits per heavy atom. The first-order chi connectivity index (χ1) is 12.2. The van der Waals surface area contributed by atoms with Gasteiger partial charge in [-0.05, 0) is 6.92 Å². The second-order valence-electron chi connectivity index (χ2n) is 4.68. The Hall–Kier alpha value is -1.96. The molecular weight excluding hydrogens is 386 g/mol. The summed E-state index contributed by atoms with van der Waals surface area (Å²) in [6.45, 7) is 5.99. The summed E-state index contributed by atoms with van der Waals surface area (Å²) in [5.41, 5.74) is -1.66. The number of ether oxygens (including phenoxy) is 3. The van der Waals surface area contributed by atoms with Gasteiger partial charge in [0.1, 0.15) is 18.6 Å². The van der Waals surface area contributed by atoms with E-state index in [4.69, 9.17) is 0 Å². The number of benzene rings is 1. The lowest BCUT2D eigenvalue weighted by atomic mass is 9.92. The Kier molecular flexibility index (Phi) is 9.48. The van der Waals surface area contributed by atoms with Gasteiger partial charge in [0.05, 0.1) is 0 Å². The third-order valence-corrected chi connectivity index (χ3v) is 2.87. The normalized spacial score (nSPS) is 14.6. The van der Waals surface area contributed by atoms with Gasteiger partial charge in [-0.15, -0.1) is 9.24 Å². The first-order valence-corrected chi connectivity index (χ1v) is 8.44. The molecule has 1 atom stereocenters. The molecule has 1 fully saturated rings. The highest BCUT2D eigenvalue weighted by Crippen LogP contribution is 2.32. The molecule has 0 N–H and O–H groups in total. The lowest BCUT2D eigenvalue weighted by Gasteiger charge is -2.29. The van der Waals surface area contributed by atoms with E-state index in [2.05, 4.69) is 23.5 Å². The summed E-state index contributed by atoms with van der Waals surface area (Å²) in [4.78, 5) is 22.6. The molecule has 0 spiro atoms. The average molecular weight is 404 g/mol. The second kappa shape index (κ2) is 10.3. The van der Waals surface area contributed by atoms with E-state index in [1.807, 2.05) is 20.5 Å². The van der Waals surface area contributed by atoms with Crippen molar-refractivity contribution in [2.24, 2.45) is 5.41 Å². The highest BCUT2D eigenvalue weighted by atomic mass is 31.0. The van der Waals surface area contributed by atoms with E-state index in [1.165, 1.54) is 0 Å². The summed E-state index contributed by atoms with van der Waals surface area (Å²) in [5.74, 6) is -14.6. The first kappa shape index (κ1) is 24.0. The van der Waals surface area contributed by atoms with Gasteiger partial charge in [0, 0.05) is 0 Å². The standard InChI is InChI=1S/C12H7F5O5.C2H6.CH5P/c1-12(2-20-11(19)21-3-12)10(18)22-9-7(16)5(14)4(13)6(15)8(9)17;2*1-2/h2-3H2,1H3;1-2H3;2H2,1H3. The summed E-state index contributed by atoms with van der Waals surface area (Å²) in [5, 5.41) is 0. The van der Waals surface area contributed by atoms with Gasteiger partial charge in [-0.3, -0.25) is 4.79 Å². The van der Waals surface area contributed by atoms with Crippen molar-refractivity contribution in [1.82, 2.24) is 0 Å².